The molecule has 218 valence electrons. The molecule has 1 heterocycles. The molecule has 2 aromatic carbocycles. The number of amides is 4. The number of carbonyl (C=O) groups excluding carboxylic acids is 5. The molecule has 4 rings (SSSR count). The normalized spacial score (nSPS) is 18.5. The van der Waals surface area contributed by atoms with Crippen molar-refractivity contribution in [2.45, 2.75) is 90.0 Å². The van der Waals surface area contributed by atoms with Crippen molar-refractivity contribution in [1.29, 1.82) is 0 Å². The Morgan fingerprint density at radius 3 is 2.10 bits per heavy atom. The molecule has 0 saturated heterocycles. The van der Waals surface area contributed by atoms with E-state index in [-0.39, 0.29) is 24.4 Å². The van der Waals surface area contributed by atoms with Gasteiger partial charge in [-0.1, -0.05) is 75.6 Å². The molecule has 1 saturated carbocycles. The number of nitrogens with zero attached hydrogens (tertiary/aromatic N) is 1. The molecule has 1 fully saturated rings. The minimum absolute atomic E-state index is 0.0240. The zero-order valence-electron chi connectivity index (χ0n) is 24.0. The molecule has 0 radical (unpaired) electrons. The van der Waals surface area contributed by atoms with Crippen LogP contribution in [0.25, 0.3) is 0 Å². The standard InChI is InChI=1S/C32H40N4O5/c1-20(2)27(28(37)31(40)34-25-16-8-5-9-17-25)35-29(38)21(3)33-30(39)26-18-23-14-10-11-15-24(23)19-36(26)32(41)22-12-6-4-7-13-22/h4,6-7,10-15,20-21,25-27H,5,8-9,16-19H2,1-3H3,(H,33,39)(H,34,40)(H,35,38)/t21-,26-,27-/m0/s1. The van der Waals surface area contributed by atoms with Crippen LogP contribution in [0.2, 0.25) is 0 Å². The summed E-state index contributed by atoms with van der Waals surface area (Å²) in [6.45, 7) is 5.30. The number of benzene rings is 2. The number of rotatable bonds is 9. The van der Waals surface area contributed by atoms with Gasteiger partial charge in [0, 0.05) is 24.6 Å². The number of nitrogens with one attached hydrogen (secondary N) is 3. The lowest BCUT2D eigenvalue weighted by Crippen LogP contribution is -2.58. The zero-order chi connectivity index (χ0) is 29.5. The second-order valence-electron chi connectivity index (χ2n) is 11.4. The first-order valence-electron chi connectivity index (χ1n) is 14.5. The van der Waals surface area contributed by atoms with Crippen LogP contribution in [0.3, 0.4) is 0 Å². The number of hydrogen-bond acceptors (Lipinski definition) is 5. The number of hydrogen-bond donors (Lipinski definition) is 3. The molecule has 0 spiro atoms. The summed E-state index contributed by atoms with van der Waals surface area (Å²) in [4.78, 5) is 67.3. The van der Waals surface area contributed by atoms with Gasteiger partial charge < -0.3 is 20.9 Å². The fraction of sp³-hybridized carbons (Fsp3) is 0.469. The molecular formula is C32H40N4O5. The van der Waals surface area contributed by atoms with Gasteiger partial charge in [0.15, 0.2) is 0 Å². The maximum Gasteiger partial charge on any atom is 0.289 e. The van der Waals surface area contributed by atoms with Gasteiger partial charge in [-0.05, 0) is 48.9 Å². The van der Waals surface area contributed by atoms with Crippen LogP contribution in [-0.4, -0.2) is 58.5 Å². The average molecular weight is 561 g/mol. The summed E-state index contributed by atoms with van der Waals surface area (Å²) in [7, 11) is 0. The summed E-state index contributed by atoms with van der Waals surface area (Å²) < 4.78 is 0. The third-order valence-corrected chi connectivity index (χ3v) is 8.00. The molecule has 3 N–H and O–H groups in total. The van der Waals surface area contributed by atoms with Crippen molar-refractivity contribution in [2.24, 2.45) is 5.92 Å². The van der Waals surface area contributed by atoms with Crippen molar-refractivity contribution in [3.63, 3.8) is 0 Å². The highest BCUT2D eigenvalue weighted by atomic mass is 16.2. The van der Waals surface area contributed by atoms with Crippen molar-refractivity contribution >= 4 is 29.4 Å². The predicted molar refractivity (Wildman–Crippen MR) is 155 cm³/mol. The third kappa shape index (κ3) is 7.39. The van der Waals surface area contributed by atoms with Gasteiger partial charge in [0.2, 0.25) is 17.6 Å². The molecule has 9 heteroatoms. The van der Waals surface area contributed by atoms with E-state index in [4.69, 9.17) is 0 Å². The van der Waals surface area contributed by atoms with Gasteiger partial charge in [0.25, 0.3) is 11.8 Å². The smallest absolute Gasteiger partial charge is 0.289 e. The van der Waals surface area contributed by atoms with Crippen molar-refractivity contribution in [3.8, 4) is 0 Å². The highest BCUT2D eigenvalue weighted by molar-refractivity contribution is 6.38. The first-order chi connectivity index (χ1) is 19.7. The minimum atomic E-state index is -1.02. The molecule has 2 aromatic rings. The van der Waals surface area contributed by atoms with Crippen LogP contribution >= 0.6 is 0 Å². The Labute approximate surface area is 241 Å². The van der Waals surface area contributed by atoms with Crippen LogP contribution in [-0.2, 0) is 32.1 Å². The first kappa shape index (κ1) is 30.0. The molecule has 0 unspecified atom stereocenters. The van der Waals surface area contributed by atoms with E-state index in [1.54, 1.807) is 38.1 Å². The molecule has 4 amide bonds. The molecule has 3 atom stereocenters. The van der Waals surface area contributed by atoms with Crippen LogP contribution in [0.15, 0.2) is 54.6 Å². The monoisotopic (exact) mass is 560 g/mol. The van der Waals surface area contributed by atoms with Gasteiger partial charge in [-0.25, -0.2) is 0 Å². The van der Waals surface area contributed by atoms with E-state index in [0.717, 1.165) is 43.2 Å². The summed E-state index contributed by atoms with van der Waals surface area (Å²) >= 11 is 0. The Kier molecular flexibility index (Phi) is 9.91. The molecule has 41 heavy (non-hydrogen) atoms. The molecule has 9 nitrogen and oxygen atoms in total. The van der Waals surface area contributed by atoms with Gasteiger partial charge in [-0.15, -0.1) is 0 Å². The minimum Gasteiger partial charge on any atom is -0.347 e. The number of carbonyl (C=O) groups is 5. The lowest BCUT2D eigenvalue weighted by atomic mass is 9.92. The van der Waals surface area contributed by atoms with E-state index in [1.807, 2.05) is 30.3 Å². The third-order valence-electron chi connectivity index (χ3n) is 8.00. The second kappa shape index (κ2) is 13.6. The topological polar surface area (TPSA) is 125 Å². The Morgan fingerprint density at radius 1 is 0.805 bits per heavy atom. The summed E-state index contributed by atoms with van der Waals surface area (Å²) in [5, 5.41) is 8.23. The summed E-state index contributed by atoms with van der Waals surface area (Å²) in [6.07, 6.45) is 5.15. The number of fused-ring (bicyclic) bond motifs is 1. The van der Waals surface area contributed by atoms with E-state index in [1.165, 1.54) is 11.8 Å². The summed E-state index contributed by atoms with van der Waals surface area (Å²) in [5.74, 6) is -3.03. The van der Waals surface area contributed by atoms with Crippen molar-refractivity contribution in [3.05, 3.63) is 71.3 Å². The van der Waals surface area contributed by atoms with Crippen molar-refractivity contribution < 1.29 is 24.0 Å². The van der Waals surface area contributed by atoms with Crippen LogP contribution in [0, 0.1) is 5.92 Å². The van der Waals surface area contributed by atoms with Crippen molar-refractivity contribution in [2.75, 3.05) is 0 Å². The maximum atomic E-state index is 13.5. The van der Waals surface area contributed by atoms with Gasteiger partial charge >= 0.3 is 0 Å². The van der Waals surface area contributed by atoms with Crippen LogP contribution < -0.4 is 16.0 Å². The fourth-order valence-corrected chi connectivity index (χ4v) is 5.55. The fourth-order valence-electron chi connectivity index (χ4n) is 5.55. The molecule has 2 aliphatic rings. The van der Waals surface area contributed by atoms with Gasteiger partial charge in [0.1, 0.15) is 12.1 Å². The zero-order valence-corrected chi connectivity index (χ0v) is 24.0. The number of ketones is 1. The quantitative estimate of drug-likeness (QED) is 0.407. The molecular weight excluding hydrogens is 520 g/mol. The van der Waals surface area contributed by atoms with Gasteiger partial charge in [0.05, 0.1) is 6.04 Å². The summed E-state index contributed by atoms with van der Waals surface area (Å²) in [5.41, 5.74) is 2.41. The second-order valence-corrected chi connectivity index (χ2v) is 11.4. The Hall–Kier alpha value is -4.01. The maximum absolute atomic E-state index is 13.5. The highest BCUT2D eigenvalue weighted by Crippen LogP contribution is 2.25. The lowest BCUT2D eigenvalue weighted by molar-refractivity contribution is -0.141. The van der Waals surface area contributed by atoms with Crippen LogP contribution in [0.1, 0.15) is 74.4 Å². The van der Waals surface area contributed by atoms with Crippen molar-refractivity contribution in [1.82, 2.24) is 20.9 Å². The SMILES string of the molecule is CC(C)[C@H](NC(=O)[C@H](C)NC(=O)[C@@H]1Cc2ccccc2CN1C(=O)c1ccccc1)C(=O)C(=O)NC1CCCCC1. The van der Waals surface area contributed by atoms with E-state index in [0.29, 0.717) is 12.0 Å². The summed E-state index contributed by atoms with van der Waals surface area (Å²) in [6, 6.07) is 13.6. The van der Waals surface area contributed by atoms with Crippen LogP contribution in [0.4, 0.5) is 0 Å². The van der Waals surface area contributed by atoms with Gasteiger partial charge in [-0.3, -0.25) is 24.0 Å². The molecule has 1 aliphatic carbocycles. The Bertz CT molecular complexity index is 1270. The highest BCUT2D eigenvalue weighted by Gasteiger charge is 2.37. The Balaban J connectivity index is 1.43. The lowest BCUT2D eigenvalue weighted by Gasteiger charge is -2.36. The van der Waals surface area contributed by atoms with E-state index in [2.05, 4.69) is 16.0 Å². The first-order valence-corrected chi connectivity index (χ1v) is 14.5. The average Bonchev–Trinajstić information content (AvgIpc) is 2.99. The largest absolute Gasteiger partial charge is 0.347 e. The predicted octanol–water partition coefficient (Wildman–Crippen LogP) is 2.92. The van der Waals surface area contributed by atoms with E-state index < -0.39 is 41.6 Å². The van der Waals surface area contributed by atoms with Crippen LogP contribution in [0.5, 0.6) is 0 Å². The molecule has 0 aromatic heterocycles. The number of Topliss-reactive ketones (excluding diaryl/α,β-unsaturated/α-hetero) is 1. The van der Waals surface area contributed by atoms with E-state index >= 15 is 0 Å². The molecule has 1 aliphatic heterocycles. The molecule has 0 bridgehead atoms. The van der Waals surface area contributed by atoms with E-state index in [9.17, 15) is 24.0 Å². The Morgan fingerprint density at radius 2 is 1.44 bits per heavy atom. The van der Waals surface area contributed by atoms with Gasteiger partial charge in [-0.2, -0.15) is 0 Å².